The van der Waals surface area contributed by atoms with Crippen molar-refractivity contribution < 1.29 is 19.6 Å². The van der Waals surface area contributed by atoms with Crippen molar-refractivity contribution in [1.82, 2.24) is 4.98 Å². The summed E-state index contributed by atoms with van der Waals surface area (Å²) >= 11 is 0. The fraction of sp³-hybridized carbons (Fsp3) is 0. The summed E-state index contributed by atoms with van der Waals surface area (Å²) in [6, 6.07) is 12.3. The molecular formula is C16H10N2O5. The number of nitrogens with zero attached hydrogens (tertiary/aromatic N) is 2. The standard InChI is InChI=1S/C16H10N2O5/c19-16(20)14-8-13-10(9-17-14)2-1-3-15(13)23-12-6-4-11(5-7-12)18(21)22/h1-9H,(H,19,20). The Morgan fingerprint density at radius 1 is 1.17 bits per heavy atom. The average Bonchev–Trinajstić information content (AvgIpc) is 2.55. The summed E-state index contributed by atoms with van der Waals surface area (Å²) < 4.78 is 5.72. The highest BCUT2D eigenvalue weighted by Gasteiger charge is 2.10. The minimum atomic E-state index is -1.13. The first-order chi connectivity index (χ1) is 11.0. The van der Waals surface area contributed by atoms with Crippen molar-refractivity contribution in [3.05, 3.63) is 70.5 Å². The maximum absolute atomic E-state index is 11.0. The van der Waals surface area contributed by atoms with Crippen LogP contribution in [0.4, 0.5) is 5.69 Å². The quantitative estimate of drug-likeness (QED) is 0.583. The van der Waals surface area contributed by atoms with E-state index in [1.165, 1.54) is 36.5 Å². The summed E-state index contributed by atoms with van der Waals surface area (Å²) in [7, 11) is 0. The first-order valence-electron chi connectivity index (χ1n) is 6.59. The van der Waals surface area contributed by atoms with Crippen molar-refractivity contribution >= 4 is 22.4 Å². The summed E-state index contributed by atoms with van der Waals surface area (Å²) in [5.41, 5.74) is -0.120. The Balaban J connectivity index is 2.00. The third-order valence-electron chi connectivity index (χ3n) is 3.22. The van der Waals surface area contributed by atoms with Gasteiger partial charge >= 0.3 is 5.97 Å². The normalized spacial score (nSPS) is 10.4. The Labute approximate surface area is 129 Å². The second-order valence-electron chi connectivity index (χ2n) is 4.71. The number of non-ortho nitro benzene ring substituents is 1. The topological polar surface area (TPSA) is 103 Å². The number of nitro groups is 1. The van der Waals surface area contributed by atoms with Crippen molar-refractivity contribution in [3.63, 3.8) is 0 Å². The van der Waals surface area contributed by atoms with E-state index in [4.69, 9.17) is 9.84 Å². The van der Waals surface area contributed by atoms with Crippen LogP contribution in [0.1, 0.15) is 10.5 Å². The number of aromatic nitrogens is 1. The molecule has 1 N–H and O–H groups in total. The highest BCUT2D eigenvalue weighted by molar-refractivity contribution is 5.94. The molecule has 0 bridgehead atoms. The van der Waals surface area contributed by atoms with Crippen molar-refractivity contribution in [1.29, 1.82) is 0 Å². The molecule has 1 heterocycles. The van der Waals surface area contributed by atoms with Gasteiger partial charge in [-0.25, -0.2) is 9.78 Å². The SMILES string of the molecule is O=C(O)c1cc2c(Oc3ccc([N+](=O)[O-])cc3)cccc2cn1. The molecule has 0 aliphatic carbocycles. The first-order valence-corrected chi connectivity index (χ1v) is 6.59. The van der Waals surface area contributed by atoms with Gasteiger partial charge in [0, 0.05) is 29.1 Å². The lowest BCUT2D eigenvalue weighted by Crippen LogP contribution is -1.99. The fourth-order valence-electron chi connectivity index (χ4n) is 2.11. The molecule has 1 aromatic heterocycles. The van der Waals surface area contributed by atoms with Crippen molar-refractivity contribution in [2.45, 2.75) is 0 Å². The van der Waals surface area contributed by atoms with Gasteiger partial charge in [-0.1, -0.05) is 12.1 Å². The number of carbonyl (C=O) groups is 1. The van der Waals surface area contributed by atoms with Gasteiger partial charge in [0.15, 0.2) is 0 Å². The number of pyridine rings is 1. The number of aromatic carboxylic acids is 1. The molecule has 0 aliphatic rings. The minimum absolute atomic E-state index is 0.0346. The Bertz CT molecular complexity index is 906. The monoisotopic (exact) mass is 310 g/mol. The first kappa shape index (κ1) is 14.5. The fourth-order valence-corrected chi connectivity index (χ4v) is 2.11. The summed E-state index contributed by atoms with van der Waals surface area (Å²) in [6.07, 6.45) is 1.46. The number of carboxylic acids is 1. The van der Waals surface area contributed by atoms with E-state index in [1.54, 1.807) is 18.2 Å². The number of nitro benzene ring substituents is 1. The number of benzene rings is 2. The van der Waals surface area contributed by atoms with Gasteiger partial charge in [0.2, 0.25) is 0 Å². The minimum Gasteiger partial charge on any atom is -0.477 e. The van der Waals surface area contributed by atoms with E-state index in [-0.39, 0.29) is 11.4 Å². The molecule has 7 heteroatoms. The predicted octanol–water partition coefficient (Wildman–Crippen LogP) is 3.63. The Hall–Kier alpha value is -3.48. The molecule has 114 valence electrons. The molecule has 0 fully saturated rings. The third-order valence-corrected chi connectivity index (χ3v) is 3.22. The Morgan fingerprint density at radius 2 is 1.91 bits per heavy atom. The summed E-state index contributed by atoms with van der Waals surface area (Å²) in [5.74, 6) is -0.268. The largest absolute Gasteiger partial charge is 0.477 e. The zero-order valence-corrected chi connectivity index (χ0v) is 11.7. The van der Waals surface area contributed by atoms with Crippen LogP contribution < -0.4 is 4.74 Å². The lowest BCUT2D eigenvalue weighted by Gasteiger charge is -2.09. The Kier molecular flexibility index (Phi) is 3.60. The molecule has 0 saturated carbocycles. The number of rotatable bonds is 4. The summed E-state index contributed by atoms with van der Waals surface area (Å²) in [4.78, 5) is 25.1. The highest BCUT2D eigenvalue weighted by Crippen LogP contribution is 2.30. The lowest BCUT2D eigenvalue weighted by atomic mass is 10.1. The number of ether oxygens (including phenoxy) is 1. The molecule has 7 nitrogen and oxygen atoms in total. The van der Waals surface area contributed by atoms with Gasteiger partial charge in [0.25, 0.3) is 5.69 Å². The second-order valence-corrected chi connectivity index (χ2v) is 4.71. The van der Waals surface area contributed by atoms with Crippen molar-refractivity contribution in [3.8, 4) is 11.5 Å². The van der Waals surface area contributed by atoms with E-state index in [0.29, 0.717) is 16.9 Å². The van der Waals surface area contributed by atoms with Crippen LogP contribution in [0.2, 0.25) is 0 Å². The second kappa shape index (κ2) is 5.72. The van der Waals surface area contributed by atoms with Gasteiger partial charge in [-0.15, -0.1) is 0 Å². The van der Waals surface area contributed by atoms with E-state index < -0.39 is 10.9 Å². The molecular weight excluding hydrogens is 300 g/mol. The molecule has 0 aliphatic heterocycles. The van der Waals surface area contributed by atoms with Crippen molar-refractivity contribution in [2.75, 3.05) is 0 Å². The third kappa shape index (κ3) is 2.93. The maximum atomic E-state index is 11.0. The predicted molar refractivity (Wildman–Crippen MR) is 81.9 cm³/mol. The van der Waals surface area contributed by atoms with Gasteiger partial charge < -0.3 is 9.84 Å². The average molecular weight is 310 g/mol. The van der Waals surface area contributed by atoms with E-state index in [0.717, 1.165) is 5.39 Å². The summed E-state index contributed by atoms with van der Waals surface area (Å²) in [5, 5.41) is 21.0. The van der Waals surface area contributed by atoms with E-state index in [2.05, 4.69) is 4.98 Å². The van der Waals surface area contributed by atoms with Crippen LogP contribution in [0.3, 0.4) is 0 Å². The van der Waals surface area contributed by atoms with Gasteiger partial charge in [-0.05, 0) is 24.3 Å². The number of fused-ring (bicyclic) bond motifs is 1. The molecule has 23 heavy (non-hydrogen) atoms. The molecule has 0 saturated heterocycles. The maximum Gasteiger partial charge on any atom is 0.354 e. The van der Waals surface area contributed by atoms with E-state index in [9.17, 15) is 14.9 Å². The zero-order chi connectivity index (χ0) is 16.4. The van der Waals surface area contributed by atoms with Gasteiger partial charge in [-0.3, -0.25) is 10.1 Å². The van der Waals surface area contributed by atoms with Gasteiger partial charge in [0.05, 0.1) is 4.92 Å². The van der Waals surface area contributed by atoms with Crippen LogP contribution >= 0.6 is 0 Å². The molecule has 0 radical (unpaired) electrons. The summed E-state index contributed by atoms with van der Waals surface area (Å²) in [6.45, 7) is 0. The van der Waals surface area contributed by atoms with Crippen LogP contribution in [-0.4, -0.2) is 21.0 Å². The van der Waals surface area contributed by atoms with Crippen LogP contribution in [0, 0.1) is 10.1 Å². The van der Waals surface area contributed by atoms with Gasteiger partial charge in [-0.2, -0.15) is 0 Å². The molecule has 0 atom stereocenters. The Morgan fingerprint density at radius 3 is 2.57 bits per heavy atom. The van der Waals surface area contributed by atoms with Crippen LogP contribution in [-0.2, 0) is 0 Å². The number of carboxylic acid groups (broad SMARTS) is 1. The molecule has 0 unspecified atom stereocenters. The number of hydrogen-bond acceptors (Lipinski definition) is 5. The van der Waals surface area contributed by atoms with E-state index in [1.807, 2.05) is 0 Å². The molecule has 3 aromatic rings. The molecule has 0 spiro atoms. The smallest absolute Gasteiger partial charge is 0.354 e. The lowest BCUT2D eigenvalue weighted by molar-refractivity contribution is -0.384. The van der Waals surface area contributed by atoms with Crippen LogP contribution in [0.25, 0.3) is 10.8 Å². The van der Waals surface area contributed by atoms with E-state index >= 15 is 0 Å². The highest BCUT2D eigenvalue weighted by atomic mass is 16.6. The van der Waals surface area contributed by atoms with Crippen LogP contribution in [0.15, 0.2) is 54.7 Å². The molecule has 3 rings (SSSR count). The molecule has 2 aromatic carbocycles. The molecule has 0 amide bonds. The number of hydrogen-bond donors (Lipinski definition) is 1. The van der Waals surface area contributed by atoms with Crippen LogP contribution in [0.5, 0.6) is 11.5 Å². The van der Waals surface area contributed by atoms with Gasteiger partial charge in [0.1, 0.15) is 17.2 Å². The zero-order valence-electron chi connectivity index (χ0n) is 11.7. The van der Waals surface area contributed by atoms with Crippen molar-refractivity contribution in [2.24, 2.45) is 0 Å².